The average molecular weight is 351 g/mol. The minimum atomic E-state index is -0.407. The number of esters is 1. The van der Waals surface area contributed by atoms with E-state index in [0.29, 0.717) is 39.2 Å². The lowest BCUT2D eigenvalue weighted by Crippen LogP contribution is -2.05. The molecule has 0 spiro atoms. The van der Waals surface area contributed by atoms with Crippen molar-refractivity contribution < 1.29 is 14.3 Å². The van der Waals surface area contributed by atoms with Crippen LogP contribution in [0.2, 0.25) is 5.02 Å². The van der Waals surface area contributed by atoms with Crippen LogP contribution in [0.15, 0.2) is 24.3 Å². The number of carbonyl (C=O) groups is 1. The Morgan fingerprint density at radius 3 is 2.83 bits per heavy atom. The van der Waals surface area contributed by atoms with Crippen LogP contribution in [0, 0.1) is 18.3 Å². The van der Waals surface area contributed by atoms with Crippen molar-refractivity contribution in [3.8, 4) is 11.8 Å². The Bertz CT molecular complexity index is 707. The number of carbonyl (C=O) groups excluding carboxylic acids is 1. The third kappa shape index (κ3) is 5.23. The Morgan fingerprint density at radius 1 is 1.39 bits per heavy atom. The van der Waals surface area contributed by atoms with Crippen molar-refractivity contribution >= 4 is 28.9 Å². The van der Waals surface area contributed by atoms with E-state index < -0.39 is 5.97 Å². The molecule has 0 aliphatic rings. The molecular weight excluding hydrogens is 336 g/mol. The summed E-state index contributed by atoms with van der Waals surface area (Å²) >= 11 is 7.07. The molecular formula is C16H15ClN2O3S. The first-order chi connectivity index (χ1) is 11.1. The highest BCUT2D eigenvalue weighted by molar-refractivity contribution is 7.13. The van der Waals surface area contributed by atoms with Gasteiger partial charge in [0.05, 0.1) is 18.4 Å². The summed E-state index contributed by atoms with van der Waals surface area (Å²) in [5.41, 5.74) is 0.620. The van der Waals surface area contributed by atoms with E-state index in [0.717, 1.165) is 0 Å². The molecule has 7 heteroatoms. The Morgan fingerprint density at radius 2 is 2.13 bits per heavy atom. The van der Waals surface area contributed by atoms with Gasteiger partial charge in [-0.2, -0.15) is 5.26 Å². The lowest BCUT2D eigenvalue weighted by molar-refractivity contribution is 0.0506. The van der Waals surface area contributed by atoms with Crippen molar-refractivity contribution in [3.63, 3.8) is 0 Å². The van der Waals surface area contributed by atoms with Crippen LogP contribution in [0.3, 0.4) is 0 Å². The minimum absolute atomic E-state index is 0.236. The fraction of sp³-hybridized carbons (Fsp3) is 0.312. The third-order valence-electron chi connectivity index (χ3n) is 2.87. The summed E-state index contributed by atoms with van der Waals surface area (Å²) in [4.78, 5) is 16.8. The number of ether oxygens (including phenoxy) is 2. The van der Waals surface area contributed by atoms with Crippen LogP contribution < -0.4 is 4.74 Å². The second-order valence-corrected chi connectivity index (χ2v) is 6.18. The lowest BCUT2D eigenvalue weighted by Gasteiger charge is -2.03. The van der Waals surface area contributed by atoms with Gasteiger partial charge in [0.2, 0.25) is 0 Å². The number of benzene rings is 1. The first-order valence-electron chi connectivity index (χ1n) is 6.99. The number of nitriles is 1. The maximum absolute atomic E-state index is 12.0. The summed E-state index contributed by atoms with van der Waals surface area (Å²) < 4.78 is 10.7. The summed E-state index contributed by atoms with van der Waals surface area (Å²) in [6, 6.07) is 9.04. The number of nitrogens with zero attached hydrogens (tertiary/aromatic N) is 2. The SMILES string of the molecule is Cc1nc(COc2ccc(Cl)cc2)sc1C(=O)OCCCC#N. The summed E-state index contributed by atoms with van der Waals surface area (Å²) in [5, 5.41) is 9.78. The van der Waals surface area contributed by atoms with Crippen LogP contribution in [0.5, 0.6) is 5.75 Å². The van der Waals surface area contributed by atoms with E-state index >= 15 is 0 Å². The molecule has 2 rings (SSSR count). The van der Waals surface area contributed by atoms with E-state index in [1.807, 2.05) is 6.07 Å². The highest BCUT2D eigenvalue weighted by Gasteiger charge is 2.16. The minimum Gasteiger partial charge on any atom is -0.486 e. The molecule has 0 fully saturated rings. The highest BCUT2D eigenvalue weighted by Crippen LogP contribution is 2.22. The van der Waals surface area contributed by atoms with Crippen molar-refractivity contribution in [2.45, 2.75) is 26.4 Å². The van der Waals surface area contributed by atoms with Crippen LogP contribution >= 0.6 is 22.9 Å². The molecule has 0 N–H and O–H groups in total. The van der Waals surface area contributed by atoms with E-state index in [9.17, 15) is 4.79 Å². The van der Waals surface area contributed by atoms with Crippen molar-refractivity contribution in [2.24, 2.45) is 0 Å². The molecule has 0 unspecified atom stereocenters. The zero-order chi connectivity index (χ0) is 16.7. The van der Waals surface area contributed by atoms with Crippen molar-refractivity contribution in [2.75, 3.05) is 6.61 Å². The van der Waals surface area contributed by atoms with Gasteiger partial charge in [-0.05, 0) is 37.6 Å². The van der Waals surface area contributed by atoms with E-state index in [4.69, 9.17) is 26.3 Å². The molecule has 2 aromatic rings. The Labute approximate surface area is 143 Å². The highest BCUT2D eigenvalue weighted by atomic mass is 35.5. The quantitative estimate of drug-likeness (QED) is 0.554. The summed E-state index contributed by atoms with van der Waals surface area (Å²) in [7, 11) is 0. The van der Waals surface area contributed by atoms with Crippen LogP contribution in [0.25, 0.3) is 0 Å². The molecule has 1 aromatic heterocycles. The van der Waals surface area contributed by atoms with Gasteiger partial charge in [-0.15, -0.1) is 11.3 Å². The van der Waals surface area contributed by atoms with Gasteiger partial charge in [0, 0.05) is 11.4 Å². The number of rotatable bonds is 7. The van der Waals surface area contributed by atoms with Gasteiger partial charge in [-0.25, -0.2) is 9.78 Å². The molecule has 1 aromatic carbocycles. The molecule has 1 heterocycles. The second kappa shape index (κ2) is 8.51. The van der Waals surface area contributed by atoms with Crippen LogP contribution in [0.4, 0.5) is 0 Å². The van der Waals surface area contributed by atoms with Gasteiger partial charge >= 0.3 is 5.97 Å². The van der Waals surface area contributed by atoms with Crippen molar-refractivity contribution in [3.05, 3.63) is 44.9 Å². The summed E-state index contributed by atoms with van der Waals surface area (Å²) in [5.74, 6) is 0.276. The Kier molecular flexibility index (Phi) is 6.39. The van der Waals surface area contributed by atoms with E-state index in [2.05, 4.69) is 4.98 Å². The molecule has 5 nitrogen and oxygen atoms in total. The topological polar surface area (TPSA) is 72.2 Å². The van der Waals surface area contributed by atoms with Crippen LogP contribution in [0.1, 0.15) is 33.2 Å². The predicted octanol–water partition coefficient (Wildman–Crippen LogP) is 4.14. The zero-order valence-corrected chi connectivity index (χ0v) is 14.1. The molecule has 0 saturated heterocycles. The fourth-order valence-corrected chi connectivity index (χ4v) is 2.76. The van der Waals surface area contributed by atoms with E-state index in [-0.39, 0.29) is 13.2 Å². The van der Waals surface area contributed by atoms with Crippen molar-refractivity contribution in [1.82, 2.24) is 4.98 Å². The lowest BCUT2D eigenvalue weighted by atomic mass is 10.3. The summed E-state index contributed by atoms with van der Waals surface area (Å²) in [6.45, 7) is 2.27. The number of halogens is 1. The number of hydrogen-bond donors (Lipinski definition) is 0. The number of aromatic nitrogens is 1. The molecule has 0 aliphatic heterocycles. The number of unbranched alkanes of at least 4 members (excludes halogenated alkanes) is 1. The van der Waals surface area contributed by atoms with Crippen molar-refractivity contribution in [1.29, 1.82) is 5.26 Å². The number of hydrogen-bond acceptors (Lipinski definition) is 6. The first kappa shape index (κ1) is 17.3. The van der Waals surface area contributed by atoms with Crippen LogP contribution in [-0.4, -0.2) is 17.6 Å². The maximum Gasteiger partial charge on any atom is 0.350 e. The number of thiazole rings is 1. The van der Waals surface area contributed by atoms with Gasteiger partial charge in [0.1, 0.15) is 22.2 Å². The molecule has 0 aliphatic carbocycles. The predicted molar refractivity (Wildman–Crippen MR) is 87.8 cm³/mol. The molecule has 23 heavy (non-hydrogen) atoms. The van der Waals surface area contributed by atoms with Gasteiger partial charge in [-0.3, -0.25) is 0 Å². The van der Waals surface area contributed by atoms with Gasteiger partial charge in [-0.1, -0.05) is 11.6 Å². The fourth-order valence-electron chi connectivity index (χ4n) is 1.76. The third-order valence-corrected chi connectivity index (χ3v) is 4.23. The molecule has 0 atom stereocenters. The summed E-state index contributed by atoms with van der Waals surface area (Å²) in [6.07, 6.45) is 0.905. The monoisotopic (exact) mass is 350 g/mol. The maximum atomic E-state index is 12.0. The van der Waals surface area contributed by atoms with Gasteiger partial charge in [0.25, 0.3) is 0 Å². The largest absolute Gasteiger partial charge is 0.486 e. The van der Waals surface area contributed by atoms with Crippen LogP contribution in [-0.2, 0) is 11.3 Å². The van der Waals surface area contributed by atoms with E-state index in [1.54, 1.807) is 31.2 Å². The molecule has 0 radical (unpaired) electrons. The zero-order valence-electron chi connectivity index (χ0n) is 12.5. The molecule has 120 valence electrons. The Balaban J connectivity index is 1.91. The molecule has 0 amide bonds. The Hall–Kier alpha value is -2.10. The normalized spacial score (nSPS) is 10.1. The smallest absolute Gasteiger partial charge is 0.350 e. The standard InChI is InChI=1S/C16H15ClN2O3S/c1-11-15(16(20)21-9-3-2-8-18)23-14(19-11)10-22-13-6-4-12(17)5-7-13/h4-7H,2-3,9-10H2,1H3. The van der Waals surface area contributed by atoms with E-state index in [1.165, 1.54) is 11.3 Å². The number of aryl methyl sites for hydroxylation is 1. The molecule has 0 bridgehead atoms. The molecule has 0 saturated carbocycles. The van der Waals surface area contributed by atoms with Gasteiger partial charge < -0.3 is 9.47 Å². The average Bonchev–Trinajstić information content (AvgIpc) is 2.92. The first-order valence-corrected chi connectivity index (χ1v) is 8.18. The van der Waals surface area contributed by atoms with Gasteiger partial charge in [0.15, 0.2) is 0 Å². The second-order valence-electron chi connectivity index (χ2n) is 4.66.